The van der Waals surface area contributed by atoms with Crippen molar-refractivity contribution in [2.24, 2.45) is 0 Å². The third-order valence-corrected chi connectivity index (χ3v) is 3.69. The van der Waals surface area contributed by atoms with E-state index < -0.39 is 0 Å². The number of carbonyl (C=O) groups excluding carboxylic acids is 1. The van der Waals surface area contributed by atoms with Crippen molar-refractivity contribution in [2.75, 3.05) is 0 Å². The minimum Gasteiger partial charge on any atom is -0.304 e. The van der Waals surface area contributed by atoms with Crippen LogP contribution in [0.3, 0.4) is 0 Å². The van der Waals surface area contributed by atoms with E-state index in [0.29, 0.717) is 11.8 Å². The molecule has 1 aromatic carbocycles. The third kappa shape index (κ3) is 1.67. The van der Waals surface area contributed by atoms with E-state index in [2.05, 4.69) is 18.3 Å². The number of fused-ring (bicyclic) bond motifs is 1. The Morgan fingerprint density at radius 3 is 2.81 bits per heavy atom. The van der Waals surface area contributed by atoms with Gasteiger partial charge in [0.1, 0.15) is 0 Å². The predicted molar refractivity (Wildman–Crippen MR) is 63.8 cm³/mol. The van der Waals surface area contributed by atoms with Crippen molar-refractivity contribution in [3.63, 3.8) is 0 Å². The van der Waals surface area contributed by atoms with Crippen LogP contribution in [-0.2, 0) is 6.42 Å². The summed E-state index contributed by atoms with van der Waals surface area (Å²) in [6.07, 6.45) is 4.49. The van der Waals surface area contributed by atoms with E-state index in [1.54, 1.807) is 0 Å². The second kappa shape index (κ2) is 3.70. The fraction of sp³-hybridized carbons (Fsp3) is 0.500. The standard InChI is InChI=1S/C14H17NO/c1-9-3-2-4-12-11(9)7-8-13(14(12)16)15-10-5-6-10/h2-4,10,13,15H,5-8H2,1H3. The smallest absolute Gasteiger partial charge is 0.180 e. The first-order chi connectivity index (χ1) is 7.75. The van der Waals surface area contributed by atoms with Crippen LogP contribution < -0.4 is 5.32 Å². The molecule has 0 radical (unpaired) electrons. The highest BCUT2D eigenvalue weighted by Gasteiger charge is 2.32. The minimum atomic E-state index is 0.0711. The number of nitrogens with one attached hydrogen (secondary N) is 1. The first-order valence-electron chi connectivity index (χ1n) is 6.14. The summed E-state index contributed by atoms with van der Waals surface area (Å²) in [6.45, 7) is 2.10. The van der Waals surface area contributed by atoms with Crippen molar-refractivity contribution in [3.05, 3.63) is 34.9 Å². The number of Topliss-reactive ketones (excluding diaryl/α,β-unsaturated/α-hetero) is 1. The van der Waals surface area contributed by atoms with Gasteiger partial charge in [0.05, 0.1) is 6.04 Å². The van der Waals surface area contributed by atoms with Crippen molar-refractivity contribution in [3.8, 4) is 0 Å². The van der Waals surface area contributed by atoms with Crippen LogP contribution >= 0.6 is 0 Å². The lowest BCUT2D eigenvalue weighted by Gasteiger charge is -2.25. The molecule has 2 nitrogen and oxygen atoms in total. The molecule has 2 heteroatoms. The van der Waals surface area contributed by atoms with Gasteiger partial charge in [-0.05, 0) is 43.7 Å². The quantitative estimate of drug-likeness (QED) is 0.819. The Morgan fingerprint density at radius 2 is 2.06 bits per heavy atom. The molecule has 1 N–H and O–H groups in total. The zero-order valence-electron chi connectivity index (χ0n) is 9.62. The molecule has 3 rings (SSSR count). The summed E-state index contributed by atoms with van der Waals surface area (Å²) in [5.41, 5.74) is 3.47. The Kier molecular flexibility index (Phi) is 2.32. The molecule has 1 aromatic rings. The van der Waals surface area contributed by atoms with Crippen LogP contribution in [-0.4, -0.2) is 17.9 Å². The summed E-state index contributed by atoms with van der Waals surface area (Å²) in [5.74, 6) is 0.303. The van der Waals surface area contributed by atoms with E-state index in [9.17, 15) is 4.79 Å². The maximum atomic E-state index is 12.3. The molecule has 84 valence electrons. The van der Waals surface area contributed by atoms with Gasteiger partial charge in [0.2, 0.25) is 0 Å². The van der Waals surface area contributed by atoms with Gasteiger partial charge in [-0.3, -0.25) is 4.79 Å². The van der Waals surface area contributed by atoms with Crippen LogP contribution in [0.4, 0.5) is 0 Å². The highest BCUT2D eigenvalue weighted by molar-refractivity contribution is 6.02. The molecule has 0 aliphatic heterocycles. The molecule has 0 amide bonds. The number of ketones is 1. The van der Waals surface area contributed by atoms with Gasteiger partial charge in [0.25, 0.3) is 0 Å². The highest BCUT2D eigenvalue weighted by Crippen LogP contribution is 2.27. The number of rotatable bonds is 2. The average molecular weight is 215 g/mol. The fourth-order valence-corrected chi connectivity index (χ4v) is 2.57. The Hall–Kier alpha value is -1.15. The van der Waals surface area contributed by atoms with Gasteiger partial charge in [0.15, 0.2) is 5.78 Å². The lowest BCUT2D eigenvalue weighted by Crippen LogP contribution is -2.41. The average Bonchev–Trinajstić information content (AvgIpc) is 3.07. The molecule has 16 heavy (non-hydrogen) atoms. The summed E-state index contributed by atoms with van der Waals surface area (Å²) in [4.78, 5) is 12.3. The van der Waals surface area contributed by atoms with Crippen molar-refractivity contribution in [1.29, 1.82) is 0 Å². The molecule has 2 aliphatic carbocycles. The monoisotopic (exact) mass is 215 g/mol. The third-order valence-electron chi connectivity index (χ3n) is 3.69. The van der Waals surface area contributed by atoms with Crippen LogP contribution in [0.1, 0.15) is 40.7 Å². The molecule has 1 fully saturated rings. The predicted octanol–water partition coefficient (Wildman–Crippen LogP) is 2.24. The lowest BCUT2D eigenvalue weighted by molar-refractivity contribution is 0.0926. The summed E-state index contributed by atoms with van der Waals surface area (Å²) >= 11 is 0. The van der Waals surface area contributed by atoms with Gasteiger partial charge in [-0.15, -0.1) is 0 Å². The number of hydrogen-bond donors (Lipinski definition) is 1. The summed E-state index contributed by atoms with van der Waals surface area (Å²) < 4.78 is 0. The maximum absolute atomic E-state index is 12.3. The lowest BCUT2D eigenvalue weighted by atomic mass is 9.85. The van der Waals surface area contributed by atoms with Gasteiger partial charge in [-0.25, -0.2) is 0 Å². The Labute approximate surface area is 96.1 Å². The Morgan fingerprint density at radius 1 is 1.25 bits per heavy atom. The van der Waals surface area contributed by atoms with Crippen LogP contribution in [0.25, 0.3) is 0 Å². The number of aryl methyl sites for hydroxylation is 1. The zero-order valence-corrected chi connectivity index (χ0v) is 9.62. The normalized spacial score (nSPS) is 24.3. The molecular formula is C14H17NO. The fourth-order valence-electron chi connectivity index (χ4n) is 2.57. The largest absolute Gasteiger partial charge is 0.304 e. The van der Waals surface area contributed by atoms with Crippen molar-refractivity contribution in [1.82, 2.24) is 5.32 Å². The molecule has 0 bridgehead atoms. The summed E-state index contributed by atoms with van der Waals surface area (Å²) in [7, 11) is 0. The van der Waals surface area contributed by atoms with Gasteiger partial charge in [-0.1, -0.05) is 18.2 Å². The van der Waals surface area contributed by atoms with E-state index >= 15 is 0 Å². The van der Waals surface area contributed by atoms with Crippen molar-refractivity contribution in [2.45, 2.75) is 44.7 Å². The summed E-state index contributed by atoms with van der Waals surface area (Å²) in [5, 5.41) is 3.45. The molecule has 0 aromatic heterocycles. The number of hydrogen-bond acceptors (Lipinski definition) is 2. The van der Waals surface area contributed by atoms with Crippen LogP contribution in [0.15, 0.2) is 18.2 Å². The van der Waals surface area contributed by atoms with Crippen molar-refractivity contribution < 1.29 is 4.79 Å². The molecule has 1 unspecified atom stereocenters. The zero-order chi connectivity index (χ0) is 11.1. The topological polar surface area (TPSA) is 29.1 Å². The SMILES string of the molecule is Cc1cccc2c1CCC(NC1CC1)C2=O. The molecular weight excluding hydrogens is 198 g/mol. The minimum absolute atomic E-state index is 0.0711. The first-order valence-corrected chi connectivity index (χ1v) is 6.14. The molecule has 1 atom stereocenters. The van der Waals surface area contributed by atoms with Crippen molar-refractivity contribution >= 4 is 5.78 Å². The van der Waals surface area contributed by atoms with E-state index in [4.69, 9.17) is 0 Å². The van der Waals surface area contributed by atoms with Gasteiger partial charge in [-0.2, -0.15) is 0 Å². The first kappa shape index (κ1) is 10.0. The second-order valence-corrected chi connectivity index (χ2v) is 5.00. The van der Waals surface area contributed by atoms with E-state index in [0.717, 1.165) is 18.4 Å². The highest BCUT2D eigenvalue weighted by atomic mass is 16.1. The molecule has 1 saturated carbocycles. The van der Waals surface area contributed by atoms with Gasteiger partial charge >= 0.3 is 0 Å². The van der Waals surface area contributed by atoms with E-state index in [1.807, 2.05) is 12.1 Å². The summed E-state index contributed by atoms with van der Waals surface area (Å²) in [6, 6.07) is 6.75. The van der Waals surface area contributed by atoms with E-state index in [1.165, 1.54) is 24.0 Å². The van der Waals surface area contributed by atoms with Crippen LogP contribution in [0.2, 0.25) is 0 Å². The molecule has 0 heterocycles. The Balaban J connectivity index is 1.89. The number of carbonyl (C=O) groups is 1. The van der Waals surface area contributed by atoms with Gasteiger partial charge in [0, 0.05) is 11.6 Å². The van der Waals surface area contributed by atoms with Crippen LogP contribution in [0, 0.1) is 6.92 Å². The maximum Gasteiger partial charge on any atom is 0.180 e. The Bertz CT molecular complexity index is 434. The molecule has 0 spiro atoms. The van der Waals surface area contributed by atoms with Gasteiger partial charge < -0.3 is 5.32 Å². The molecule has 2 aliphatic rings. The second-order valence-electron chi connectivity index (χ2n) is 5.00. The van der Waals surface area contributed by atoms with Crippen LogP contribution in [0.5, 0.6) is 0 Å². The van der Waals surface area contributed by atoms with E-state index in [-0.39, 0.29) is 6.04 Å². The molecule has 0 saturated heterocycles. The number of benzene rings is 1.